The van der Waals surface area contributed by atoms with E-state index in [1.807, 2.05) is 6.92 Å². The van der Waals surface area contributed by atoms with E-state index in [2.05, 4.69) is 16.0 Å². The van der Waals surface area contributed by atoms with Crippen molar-refractivity contribution in [3.05, 3.63) is 0 Å². The van der Waals surface area contributed by atoms with Crippen molar-refractivity contribution in [2.24, 2.45) is 23.1 Å². The Kier molecular flexibility index (Phi) is 16.0. The Morgan fingerprint density at radius 3 is 1.85 bits per heavy atom. The van der Waals surface area contributed by atoms with Crippen LogP contribution in [0.15, 0.2) is 0 Å². The van der Waals surface area contributed by atoms with E-state index in [1.54, 1.807) is 6.92 Å². The molecule has 5 atom stereocenters. The minimum absolute atomic E-state index is 0.215. The number of aliphatic hydroxyl groups excluding tert-OH is 1. The molecule has 0 bridgehead atoms. The zero-order valence-corrected chi connectivity index (χ0v) is 19.7. The lowest BCUT2D eigenvalue weighted by Crippen LogP contribution is -2.58. The highest BCUT2D eigenvalue weighted by Crippen LogP contribution is 2.11. The number of aliphatic carboxylic acids is 1. The summed E-state index contributed by atoms with van der Waals surface area (Å²) in [6, 6.07) is -4.27. The van der Waals surface area contributed by atoms with Crippen molar-refractivity contribution in [2.75, 3.05) is 19.7 Å². The number of carboxylic acid groups (broad SMARTS) is 1. The molecule has 0 saturated carbocycles. The van der Waals surface area contributed by atoms with E-state index in [-0.39, 0.29) is 12.3 Å². The van der Waals surface area contributed by atoms with Crippen LogP contribution in [0.2, 0.25) is 0 Å². The summed E-state index contributed by atoms with van der Waals surface area (Å²) in [6.07, 6.45) is 3.76. The van der Waals surface area contributed by atoms with Crippen LogP contribution in [-0.4, -0.2) is 77.8 Å². The Bertz CT molecular complexity index is 620. The highest BCUT2D eigenvalue weighted by Gasteiger charge is 2.32. The first-order valence-electron chi connectivity index (χ1n) is 11.5. The molecule has 0 spiro atoms. The van der Waals surface area contributed by atoms with Crippen molar-refractivity contribution >= 4 is 23.7 Å². The molecule has 33 heavy (non-hydrogen) atoms. The maximum atomic E-state index is 13.0. The number of nitrogens with two attached hydrogens (primary N) is 3. The van der Waals surface area contributed by atoms with Crippen LogP contribution < -0.4 is 33.2 Å². The second-order valence-corrected chi connectivity index (χ2v) is 8.19. The number of carbonyl (C=O) groups is 4. The Labute approximate surface area is 195 Å². The van der Waals surface area contributed by atoms with E-state index < -0.39 is 54.5 Å². The van der Waals surface area contributed by atoms with Crippen LogP contribution in [0.4, 0.5) is 0 Å². The monoisotopic (exact) mass is 474 g/mol. The summed E-state index contributed by atoms with van der Waals surface area (Å²) in [5, 5.41) is 25.8. The van der Waals surface area contributed by atoms with E-state index >= 15 is 0 Å². The van der Waals surface area contributed by atoms with E-state index in [9.17, 15) is 24.3 Å². The number of unbranched alkanes of at least 4 members (excludes halogenated alkanes) is 2. The predicted molar refractivity (Wildman–Crippen MR) is 124 cm³/mol. The van der Waals surface area contributed by atoms with Gasteiger partial charge in [0, 0.05) is 0 Å². The van der Waals surface area contributed by atoms with Gasteiger partial charge in [-0.3, -0.25) is 14.4 Å². The van der Waals surface area contributed by atoms with Gasteiger partial charge >= 0.3 is 5.97 Å². The number of carbonyl (C=O) groups excluding carboxylic acids is 3. The van der Waals surface area contributed by atoms with Gasteiger partial charge < -0.3 is 43.4 Å². The standard InChI is InChI=1S/C21H42N6O6/c1-3-13(2)17(27-18(29)14(24)8-4-6-10-22)20(31)25-15(9-5-7-11-23)19(30)26-16(12-28)21(32)33/h13-17,28H,3-12,22-24H2,1-2H3,(H,25,31)(H,26,30)(H,27,29)(H,32,33). The summed E-state index contributed by atoms with van der Waals surface area (Å²) in [5.74, 6) is -3.43. The number of hydrogen-bond donors (Lipinski definition) is 8. The van der Waals surface area contributed by atoms with Gasteiger partial charge in [0.15, 0.2) is 0 Å². The van der Waals surface area contributed by atoms with Crippen molar-refractivity contribution in [2.45, 2.75) is 83.0 Å². The molecule has 3 amide bonds. The maximum absolute atomic E-state index is 13.0. The first kappa shape index (κ1) is 30.7. The molecular formula is C21H42N6O6. The number of rotatable bonds is 18. The van der Waals surface area contributed by atoms with Gasteiger partial charge in [-0.2, -0.15) is 0 Å². The number of aliphatic hydroxyl groups is 1. The fourth-order valence-electron chi connectivity index (χ4n) is 3.08. The molecule has 0 aromatic heterocycles. The molecule has 0 saturated heterocycles. The zero-order chi connectivity index (χ0) is 25.4. The van der Waals surface area contributed by atoms with E-state index in [1.165, 1.54) is 0 Å². The first-order chi connectivity index (χ1) is 15.6. The largest absolute Gasteiger partial charge is 0.480 e. The molecule has 12 heteroatoms. The van der Waals surface area contributed by atoms with Crippen LogP contribution in [0.1, 0.15) is 58.8 Å². The SMILES string of the molecule is CCC(C)C(NC(=O)C(N)CCCCN)C(=O)NC(CCCCN)C(=O)NC(CO)C(=O)O. The van der Waals surface area contributed by atoms with Crippen LogP contribution in [0.25, 0.3) is 0 Å². The second-order valence-electron chi connectivity index (χ2n) is 8.19. The summed E-state index contributed by atoms with van der Waals surface area (Å²) in [6.45, 7) is 3.75. The predicted octanol–water partition coefficient (Wildman–Crippen LogP) is -1.85. The molecule has 0 heterocycles. The molecule has 0 aromatic carbocycles. The first-order valence-corrected chi connectivity index (χ1v) is 11.5. The van der Waals surface area contributed by atoms with Crippen molar-refractivity contribution in [1.82, 2.24) is 16.0 Å². The average Bonchev–Trinajstić information content (AvgIpc) is 2.79. The third kappa shape index (κ3) is 11.9. The zero-order valence-electron chi connectivity index (χ0n) is 19.7. The van der Waals surface area contributed by atoms with Crippen LogP contribution >= 0.6 is 0 Å². The Morgan fingerprint density at radius 2 is 1.36 bits per heavy atom. The third-order valence-electron chi connectivity index (χ3n) is 5.48. The van der Waals surface area contributed by atoms with Gasteiger partial charge in [-0.05, 0) is 51.1 Å². The lowest BCUT2D eigenvalue weighted by atomic mass is 9.96. The molecule has 0 aliphatic heterocycles. The molecule has 0 rings (SSSR count). The van der Waals surface area contributed by atoms with Gasteiger partial charge in [0.1, 0.15) is 18.1 Å². The number of carboxylic acids is 1. The van der Waals surface area contributed by atoms with Crippen molar-refractivity contribution in [1.29, 1.82) is 0 Å². The highest BCUT2D eigenvalue weighted by molar-refractivity contribution is 5.94. The van der Waals surface area contributed by atoms with Gasteiger partial charge in [-0.15, -0.1) is 0 Å². The molecule has 192 valence electrons. The molecular weight excluding hydrogens is 432 g/mol. The molecule has 0 aliphatic rings. The molecule has 0 radical (unpaired) electrons. The Hall–Kier alpha value is -2.28. The molecule has 12 nitrogen and oxygen atoms in total. The number of amides is 3. The lowest BCUT2D eigenvalue weighted by Gasteiger charge is -2.28. The summed E-state index contributed by atoms with van der Waals surface area (Å²) in [7, 11) is 0. The summed E-state index contributed by atoms with van der Waals surface area (Å²) < 4.78 is 0. The number of nitrogens with one attached hydrogen (secondary N) is 3. The van der Waals surface area contributed by atoms with Crippen LogP contribution in [0.3, 0.4) is 0 Å². The fraction of sp³-hybridized carbons (Fsp3) is 0.810. The third-order valence-corrected chi connectivity index (χ3v) is 5.48. The Morgan fingerprint density at radius 1 is 0.818 bits per heavy atom. The van der Waals surface area contributed by atoms with E-state index in [0.717, 1.165) is 6.42 Å². The maximum Gasteiger partial charge on any atom is 0.328 e. The van der Waals surface area contributed by atoms with E-state index in [4.69, 9.17) is 22.3 Å². The van der Waals surface area contributed by atoms with Gasteiger partial charge in [0.05, 0.1) is 12.6 Å². The Balaban J connectivity index is 5.38. The van der Waals surface area contributed by atoms with Gasteiger partial charge in [0.25, 0.3) is 0 Å². The minimum atomic E-state index is -1.50. The second kappa shape index (κ2) is 17.2. The van der Waals surface area contributed by atoms with Gasteiger partial charge in [-0.1, -0.05) is 26.7 Å². The molecule has 0 fully saturated rings. The van der Waals surface area contributed by atoms with Crippen LogP contribution in [0, 0.1) is 5.92 Å². The van der Waals surface area contributed by atoms with E-state index in [0.29, 0.717) is 45.2 Å². The lowest BCUT2D eigenvalue weighted by molar-refractivity contribution is -0.143. The van der Waals surface area contributed by atoms with Crippen molar-refractivity contribution in [3.8, 4) is 0 Å². The van der Waals surface area contributed by atoms with Crippen LogP contribution in [0.5, 0.6) is 0 Å². The van der Waals surface area contributed by atoms with Gasteiger partial charge in [-0.25, -0.2) is 4.79 Å². The average molecular weight is 475 g/mol. The smallest absolute Gasteiger partial charge is 0.328 e. The fourth-order valence-corrected chi connectivity index (χ4v) is 3.08. The summed E-state index contributed by atoms with van der Waals surface area (Å²) >= 11 is 0. The molecule has 0 aliphatic carbocycles. The van der Waals surface area contributed by atoms with Crippen molar-refractivity contribution < 1.29 is 29.4 Å². The quantitative estimate of drug-likeness (QED) is 0.104. The molecule has 5 unspecified atom stereocenters. The van der Waals surface area contributed by atoms with Crippen LogP contribution in [-0.2, 0) is 19.2 Å². The van der Waals surface area contributed by atoms with Crippen molar-refractivity contribution in [3.63, 3.8) is 0 Å². The summed E-state index contributed by atoms with van der Waals surface area (Å²) in [5.41, 5.74) is 16.9. The minimum Gasteiger partial charge on any atom is -0.480 e. The number of hydrogen-bond acceptors (Lipinski definition) is 8. The normalized spacial score (nSPS) is 15.6. The summed E-state index contributed by atoms with van der Waals surface area (Å²) in [4.78, 5) is 49.4. The van der Waals surface area contributed by atoms with Gasteiger partial charge in [0.2, 0.25) is 17.7 Å². The topological polar surface area (TPSA) is 223 Å². The highest BCUT2D eigenvalue weighted by atomic mass is 16.4. The molecule has 0 aromatic rings. The molecule has 11 N–H and O–H groups in total.